The first-order chi connectivity index (χ1) is 8.99. The van der Waals surface area contributed by atoms with E-state index in [4.69, 9.17) is 0 Å². The minimum Gasteiger partial charge on any atom is -0.343 e. The van der Waals surface area contributed by atoms with Gasteiger partial charge < -0.3 is 4.90 Å². The number of benzene rings is 1. The number of hydrogen-bond donors (Lipinski definition) is 0. The zero-order valence-electron chi connectivity index (χ0n) is 11.4. The van der Waals surface area contributed by atoms with Crippen molar-refractivity contribution >= 4 is 39.4 Å². The van der Waals surface area contributed by atoms with E-state index in [1.807, 2.05) is 26.0 Å². The second-order valence-electron chi connectivity index (χ2n) is 4.05. The fourth-order valence-corrected chi connectivity index (χ4v) is 3.27. The molecule has 0 aliphatic carbocycles. The Morgan fingerprint density at radius 3 is 2.42 bits per heavy atom. The van der Waals surface area contributed by atoms with E-state index in [1.165, 1.54) is 11.8 Å². The Balaban J connectivity index is 2.79. The van der Waals surface area contributed by atoms with Crippen LogP contribution in [0.2, 0.25) is 0 Å². The molecule has 0 unspecified atom stereocenters. The zero-order chi connectivity index (χ0) is 14.4. The molecule has 104 valence electrons. The SMILES string of the molecule is CCN(CC)C(=O)CSc1cc(Br)ccc1C(C)=O. The molecule has 0 spiro atoms. The molecule has 0 bridgehead atoms. The summed E-state index contributed by atoms with van der Waals surface area (Å²) in [6, 6.07) is 5.51. The lowest BCUT2D eigenvalue weighted by atomic mass is 10.1. The Morgan fingerprint density at radius 2 is 1.89 bits per heavy atom. The molecule has 1 aromatic carbocycles. The lowest BCUT2D eigenvalue weighted by Gasteiger charge is -2.18. The van der Waals surface area contributed by atoms with E-state index in [2.05, 4.69) is 15.9 Å². The van der Waals surface area contributed by atoms with Gasteiger partial charge in [-0.1, -0.05) is 15.9 Å². The van der Waals surface area contributed by atoms with Crippen LogP contribution in [-0.2, 0) is 4.79 Å². The van der Waals surface area contributed by atoms with Gasteiger partial charge in [-0.2, -0.15) is 0 Å². The third-order valence-electron chi connectivity index (χ3n) is 2.79. The Labute approximate surface area is 126 Å². The fraction of sp³-hybridized carbons (Fsp3) is 0.429. The number of ketones is 1. The van der Waals surface area contributed by atoms with E-state index >= 15 is 0 Å². The topological polar surface area (TPSA) is 37.4 Å². The summed E-state index contributed by atoms with van der Waals surface area (Å²) >= 11 is 4.80. The normalized spacial score (nSPS) is 10.3. The van der Waals surface area contributed by atoms with Crippen LogP contribution in [0.5, 0.6) is 0 Å². The number of hydrogen-bond acceptors (Lipinski definition) is 3. The standard InChI is InChI=1S/C14H18BrNO2S/c1-4-16(5-2)14(18)9-19-13-8-11(15)6-7-12(13)10(3)17/h6-8H,4-5,9H2,1-3H3. The van der Waals surface area contributed by atoms with E-state index in [9.17, 15) is 9.59 Å². The van der Waals surface area contributed by atoms with Gasteiger partial charge in [-0.05, 0) is 39.0 Å². The molecule has 0 saturated carbocycles. The number of halogens is 1. The van der Waals surface area contributed by atoms with Crippen LogP contribution in [0.1, 0.15) is 31.1 Å². The van der Waals surface area contributed by atoms with Crippen molar-refractivity contribution in [2.24, 2.45) is 0 Å². The van der Waals surface area contributed by atoms with E-state index < -0.39 is 0 Å². The number of carbonyl (C=O) groups excluding carboxylic acids is 2. The van der Waals surface area contributed by atoms with Crippen LogP contribution >= 0.6 is 27.7 Å². The van der Waals surface area contributed by atoms with Gasteiger partial charge in [0.25, 0.3) is 0 Å². The summed E-state index contributed by atoms with van der Waals surface area (Å²) < 4.78 is 0.912. The molecule has 1 aromatic rings. The lowest BCUT2D eigenvalue weighted by Crippen LogP contribution is -2.31. The van der Waals surface area contributed by atoms with Crippen LogP contribution in [0, 0.1) is 0 Å². The van der Waals surface area contributed by atoms with Crippen LogP contribution in [0.4, 0.5) is 0 Å². The predicted molar refractivity (Wildman–Crippen MR) is 82.8 cm³/mol. The van der Waals surface area contributed by atoms with Crippen LogP contribution in [0.25, 0.3) is 0 Å². The van der Waals surface area contributed by atoms with Crippen molar-refractivity contribution in [2.45, 2.75) is 25.7 Å². The van der Waals surface area contributed by atoms with Gasteiger partial charge in [-0.3, -0.25) is 9.59 Å². The largest absolute Gasteiger partial charge is 0.343 e. The van der Waals surface area contributed by atoms with Gasteiger partial charge in [-0.15, -0.1) is 11.8 Å². The van der Waals surface area contributed by atoms with E-state index in [-0.39, 0.29) is 11.7 Å². The van der Waals surface area contributed by atoms with Gasteiger partial charge in [0.2, 0.25) is 5.91 Å². The predicted octanol–water partition coefficient (Wildman–Crippen LogP) is 3.61. The maximum atomic E-state index is 12.0. The Bertz CT molecular complexity index is 473. The molecule has 19 heavy (non-hydrogen) atoms. The maximum absolute atomic E-state index is 12.0. The molecule has 1 amide bonds. The molecule has 0 radical (unpaired) electrons. The van der Waals surface area contributed by atoms with Crippen molar-refractivity contribution in [1.29, 1.82) is 0 Å². The van der Waals surface area contributed by atoms with Gasteiger partial charge in [0.1, 0.15) is 0 Å². The second-order valence-corrected chi connectivity index (χ2v) is 5.98. The maximum Gasteiger partial charge on any atom is 0.232 e. The fourth-order valence-electron chi connectivity index (χ4n) is 1.71. The number of nitrogens with zero attached hydrogens (tertiary/aromatic N) is 1. The minimum atomic E-state index is 0.0188. The average Bonchev–Trinajstić information content (AvgIpc) is 2.37. The van der Waals surface area contributed by atoms with Crippen molar-refractivity contribution in [1.82, 2.24) is 4.90 Å². The molecule has 0 atom stereocenters. The molecule has 0 fully saturated rings. The van der Waals surface area contributed by atoms with Crippen LogP contribution in [0.3, 0.4) is 0 Å². The summed E-state index contributed by atoms with van der Waals surface area (Å²) in [5.74, 6) is 0.480. The number of rotatable bonds is 6. The monoisotopic (exact) mass is 343 g/mol. The Morgan fingerprint density at radius 1 is 1.26 bits per heavy atom. The molecule has 1 rings (SSSR count). The number of amides is 1. The lowest BCUT2D eigenvalue weighted by molar-refractivity contribution is -0.127. The highest BCUT2D eigenvalue weighted by atomic mass is 79.9. The molecule has 0 saturated heterocycles. The second kappa shape index (κ2) is 7.70. The number of carbonyl (C=O) groups is 2. The summed E-state index contributed by atoms with van der Waals surface area (Å²) in [6.07, 6.45) is 0. The van der Waals surface area contributed by atoms with Gasteiger partial charge in [-0.25, -0.2) is 0 Å². The first-order valence-electron chi connectivity index (χ1n) is 6.20. The van der Waals surface area contributed by atoms with Crippen molar-refractivity contribution in [3.05, 3.63) is 28.2 Å². The Kier molecular flexibility index (Phi) is 6.58. The number of thioether (sulfide) groups is 1. The smallest absolute Gasteiger partial charge is 0.232 e. The highest BCUT2D eigenvalue weighted by Gasteiger charge is 2.13. The molecule has 0 heterocycles. The average molecular weight is 344 g/mol. The highest BCUT2D eigenvalue weighted by Crippen LogP contribution is 2.27. The first kappa shape index (κ1) is 16.2. The first-order valence-corrected chi connectivity index (χ1v) is 7.98. The minimum absolute atomic E-state index is 0.0188. The van der Waals surface area contributed by atoms with E-state index in [0.717, 1.165) is 9.37 Å². The molecule has 5 heteroatoms. The molecule has 3 nitrogen and oxygen atoms in total. The molecule has 0 aliphatic heterocycles. The summed E-state index contributed by atoms with van der Waals surface area (Å²) in [5.41, 5.74) is 0.667. The van der Waals surface area contributed by atoms with Crippen molar-refractivity contribution in [3.63, 3.8) is 0 Å². The molecule has 0 aliphatic rings. The molecular weight excluding hydrogens is 326 g/mol. The van der Waals surface area contributed by atoms with Crippen LogP contribution in [0.15, 0.2) is 27.6 Å². The number of Topliss-reactive ketones (excluding diaryl/α,β-unsaturated/α-hetero) is 1. The van der Waals surface area contributed by atoms with E-state index in [0.29, 0.717) is 24.4 Å². The third kappa shape index (κ3) is 4.66. The Hall–Kier alpha value is -0.810. The summed E-state index contributed by atoms with van der Waals surface area (Å²) in [6.45, 7) is 6.90. The summed E-state index contributed by atoms with van der Waals surface area (Å²) in [4.78, 5) is 26.1. The zero-order valence-corrected chi connectivity index (χ0v) is 13.8. The van der Waals surface area contributed by atoms with Crippen molar-refractivity contribution in [3.8, 4) is 0 Å². The molecule has 0 aromatic heterocycles. The third-order valence-corrected chi connectivity index (χ3v) is 4.32. The quantitative estimate of drug-likeness (QED) is 0.584. The van der Waals surface area contributed by atoms with Gasteiger partial charge in [0, 0.05) is 28.0 Å². The van der Waals surface area contributed by atoms with Crippen molar-refractivity contribution < 1.29 is 9.59 Å². The summed E-state index contributed by atoms with van der Waals surface area (Å²) in [7, 11) is 0. The van der Waals surface area contributed by atoms with Gasteiger partial charge >= 0.3 is 0 Å². The summed E-state index contributed by atoms with van der Waals surface area (Å²) in [5, 5.41) is 0. The van der Waals surface area contributed by atoms with Gasteiger partial charge in [0.15, 0.2) is 5.78 Å². The molecular formula is C14H18BrNO2S. The highest BCUT2D eigenvalue weighted by molar-refractivity contribution is 9.10. The van der Waals surface area contributed by atoms with Gasteiger partial charge in [0.05, 0.1) is 5.75 Å². The van der Waals surface area contributed by atoms with Crippen LogP contribution in [-0.4, -0.2) is 35.4 Å². The van der Waals surface area contributed by atoms with Crippen LogP contribution < -0.4 is 0 Å². The van der Waals surface area contributed by atoms with Crippen molar-refractivity contribution in [2.75, 3.05) is 18.8 Å². The molecule has 0 N–H and O–H groups in total. The van der Waals surface area contributed by atoms with E-state index in [1.54, 1.807) is 17.9 Å².